The summed E-state index contributed by atoms with van der Waals surface area (Å²) < 4.78 is 12.1. The molecule has 2 aromatic carbocycles. The summed E-state index contributed by atoms with van der Waals surface area (Å²) in [6.45, 7) is 3.38. The Morgan fingerprint density at radius 1 is 1.00 bits per heavy atom. The van der Waals surface area contributed by atoms with Crippen molar-refractivity contribution < 1.29 is 9.15 Å². The third-order valence-electron chi connectivity index (χ3n) is 5.43. The van der Waals surface area contributed by atoms with E-state index in [9.17, 15) is 4.79 Å². The summed E-state index contributed by atoms with van der Waals surface area (Å²) in [6, 6.07) is 13.0. The average Bonchev–Trinajstić information content (AvgIpc) is 2.64. The summed E-state index contributed by atoms with van der Waals surface area (Å²) in [5.41, 5.74) is 1.24. The minimum Gasteiger partial charge on any atom is -0.489 e. The van der Waals surface area contributed by atoms with Crippen LogP contribution < -0.4 is 10.2 Å². The van der Waals surface area contributed by atoms with Gasteiger partial charge in [0.25, 0.3) is 0 Å². The molecule has 0 spiro atoms. The molecule has 3 aromatic rings. The van der Waals surface area contributed by atoms with E-state index in [1.165, 1.54) is 25.9 Å². The van der Waals surface area contributed by atoms with E-state index in [0.717, 1.165) is 12.3 Å². The van der Waals surface area contributed by atoms with Gasteiger partial charge in [-0.15, -0.1) is 0 Å². The van der Waals surface area contributed by atoms with Crippen molar-refractivity contribution in [2.24, 2.45) is 5.92 Å². The summed E-state index contributed by atoms with van der Waals surface area (Å²) in [4.78, 5) is 15.2. The standard InChI is InChI=1S/C20H19NO3/c22-20-15-3-1-2-4-17(15)24-18-6-5-14(11-16(18)20)23-19-12-21-9-7-13(19)8-10-21/h1-6,11,13,19H,7-10,12H2. The lowest BCUT2D eigenvalue weighted by atomic mass is 9.86. The quantitative estimate of drug-likeness (QED) is 0.678. The van der Waals surface area contributed by atoms with Gasteiger partial charge in [0.1, 0.15) is 23.0 Å². The molecule has 1 aromatic heterocycles. The first-order valence-corrected chi connectivity index (χ1v) is 8.62. The number of para-hydroxylation sites is 1. The smallest absolute Gasteiger partial charge is 0.200 e. The molecule has 0 radical (unpaired) electrons. The van der Waals surface area contributed by atoms with Gasteiger partial charge in [-0.2, -0.15) is 0 Å². The topological polar surface area (TPSA) is 42.7 Å². The Labute approximate surface area is 139 Å². The number of nitrogens with zero attached hydrogens (tertiary/aromatic N) is 1. The maximum Gasteiger partial charge on any atom is 0.200 e. The molecule has 4 heteroatoms. The van der Waals surface area contributed by atoms with Gasteiger partial charge in [-0.1, -0.05) is 12.1 Å². The van der Waals surface area contributed by atoms with Crippen molar-refractivity contribution in [3.63, 3.8) is 0 Å². The van der Waals surface area contributed by atoms with E-state index in [4.69, 9.17) is 9.15 Å². The Hall–Kier alpha value is -2.33. The first kappa shape index (κ1) is 14.1. The monoisotopic (exact) mass is 321 g/mol. The van der Waals surface area contributed by atoms with Gasteiger partial charge in [-0.3, -0.25) is 9.69 Å². The zero-order valence-corrected chi connectivity index (χ0v) is 13.4. The second-order valence-corrected chi connectivity index (χ2v) is 6.88. The maximum absolute atomic E-state index is 12.7. The molecule has 122 valence electrons. The molecular formula is C20H19NO3. The Morgan fingerprint density at radius 2 is 1.79 bits per heavy atom. The van der Waals surface area contributed by atoms with E-state index < -0.39 is 0 Å². The molecule has 1 unspecified atom stereocenters. The van der Waals surface area contributed by atoms with Crippen LogP contribution in [0, 0.1) is 5.92 Å². The van der Waals surface area contributed by atoms with Gasteiger partial charge in [0.05, 0.1) is 10.8 Å². The molecule has 3 aliphatic rings. The van der Waals surface area contributed by atoms with Crippen LogP contribution in [-0.4, -0.2) is 30.6 Å². The summed E-state index contributed by atoms with van der Waals surface area (Å²) in [6.07, 6.45) is 2.66. The SMILES string of the molecule is O=c1c2ccccc2oc2ccc(OC3CN4CCC3CC4)cc12. The highest BCUT2D eigenvalue weighted by Gasteiger charge is 2.35. The maximum atomic E-state index is 12.7. The second kappa shape index (κ2) is 5.35. The fourth-order valence-corrected chi connectivity index (χ4v) is 4.07. The van der Waals surface area contributed by atoms with Crippen LogP contribution in [0.2, 0.25) is 0 Å². The zero-order chi connectivity index (χ0) is 16.1. The third kappa shape index (κ3) is 2.21. The van der Waals surface area contributed by atoms with E-state index in [1.807, 2.05) is 42.5 Å². The largest absolute Gasteiger partial charge is 0.489 e. The van der Waals surface area contributed by atoms with Crippen molar-refractivity contribution in [3.8, 4) is 5.75 Å². The van der Waals surface area contributed by atoms with Crippen molar-refractivity contribution in [2.75, 3.05) is 19.6 Å². The molecule has 4 heterocycles. The second-order valence-electron chi connectivity index (χ2n) is 6.88. The predicted molar refractivity (Wildman–Crippen MR) is 93.6 cm³/mol. The highest BCUT2D eigenvalue weighted by Crippen LogP contribution is 2.31. The molecule has 24 heavy (non-hydrogen) atoms. The summed E-state index contributed by atoms with van der Waals surface area (Å²) in [7, 11) is 0. The van der Waals surface area contributed by atoms with Crippen LogP contribution in [0.3, 0.4) is 0 Å². The first-order chi connectivity index (χ1) is 11.8. The molecule has 3 saturated heterocycles. The third-order valence-corrected chi connectivity index (χ3v) is 5.43. The van der Waals surface area contributed by atoms with Crippen LogP contribution in [0.4, 0.5) is 0 Å². The Kier molecular flexibility index (Phi) is 3.13. The van der Waals surface area contributed by atoms with Gasteiger partial charge in [0, 0.05) is 6.54 Å². The number of fused-ring (bicyclic) bond motifs is 5. The van der Waals surface area contributed by atoms with Gasteiger partial charge in [0.2, 0.25) is 5.43 Å². The zero-order valence-electron chi connectivity index (χ0n) is 13.4. The normalized spacial score (nSPS) is 26.1. The predicted octanol–water partition coefficient (Wildman–Crippen LogP) is 3.42. The lowest BCUT2D eigenvalue weighted by Gasteiger charge is -2.44. The highest BCUT2D eigenvalue weighted by molar-refractivity contribution is 5.90. The van der Waals surface area contributed by atoms with E-state index in [0.29, 0.717) is 27.9 Å². The fraction of sp³-hybridized carbons (Fsp3) is 0.350. The van der Waals surface area contributed by atoms with Gasteiger partial charge in [-0.05, 0) is 62.2 Å². The Bertz CT molecular complexity index is 969. The molecular weight excluding hydrogens is 302 g/mol. The molecule has 3 aliphatic heterocycles. The number of ether oxygens (including phenoxy) is 1. The summed E-state index contributed by atoms with van der Waals surface area (Å²) in [5, 5.41) is 1.21. The molecule has 0 saturated carbocycles. The van der Waals surface area contributed by atoms with E-state index in [1.54, 1.807) is 0 Å². The molecule has 0 amide bonds. The average molecular weight is 321 g/mol. The Balaban J connectivity index is 1.54. The number of rotatable bonds is 2. The minimum absolute atomic E-state index is 0.00575. The van der Waals surface area contributed by atoms with E-state index >= 15 is 0 Å². The van der Waals surface area contributed by atoms with Crippen LogP contribution in [0.5, 0.6) is 5.75 Å². The first-order valence-electron chi connectivity index (χ1n) is 8.62. The van der Waals surface area contributed by atoms with Gasteiger partial charge in [-0.25, -0.2) is 0 Å². The molecule has 3 fully saturated rings. The van der Waals surface area contributed by atoms with Crippen molar-refractivity contribution in [1.29, 1.82) is 0 Å². The van der Waals surface area contributed by atoms with Crippen molar-refractivity contribution in [3.05, 3.63) is 52.7 Å². The highest BCUT2D eigenvalue weighted by atomic mass is 16.5. The summed E-state index contributed by atoms with van der Waals surface area (Å²) in [5.74, 6) is 1.41. The molecule has 1 atom stereocenters. The molecule has 0 aliphatic carbocycles. The minimum atomic E-state index is 0.00575. The lowest BCUT2D eigenvalue weighted by molar-refractivity contribution is -0.00770. The number of benzene rings is 2. The van der Waals surface area contributed by atoms with Crippen molar-refractivity contribution in [2.45, 2.75) is 18.9 Å². The van der Waals surface area contributed by atoms with Crippen LogP contribution in [0.25, 0.3) is 21.9 Å². The number of piperidine rings is 3. The number of hydrogen-bond acceptors (Lipinski definition) is 4. The van der Waals surface area contributed by atoms with Crippen LogP contribution in [-0.2, 0) is 0 Å². The van der Waals surface area contributed by atoms with Crippen LogP contribution in [0.1, 0.15) is 12.8 Å². The molecule has 6 rings (SSSR count). The summed E-state index contributed by atoms with van der Waals surface area (Å²) >= 11 is 0. The number of hydrogen-bond donors (Lipinski definition) is 0. The van der Waals surface area contributed by atoms with Gasteiger partial charge in [0.15, 0.2) is 0 Å². The van der Waals surface area contributed by atoms with E-state index in [-0.39, 0.29) is 11.5 Å². The van der Waals surface area contributed by atoms with Crippen LogP contribution >= 0.6 is 0 Å². The fourth-order valence-electron chi connectivity index (χ4n) is 4.07. The van der Waals surface area contributed by atoms with Gasteiger partial charge < -0.3 is 9.15 Å². The van der Waals surface area contributed by atoms with Crippen molar-refractivity contribution in [1.82, 2.24) is 4.90 Å². The van der Waals surface area contributed by atoms with Crippen molar-refractivity contribution >= 4 is 21.9 Å². The van der Waals surface area contributed by atoms with E-state index in [2.05, 4.69) is 4.90 Å². The van der Waals surface area contributed by atoms with Crippen LogP contribution in [0.15, 0.2) is 51.7 Å². The van der Waals surface area contributed by atoms with Gasteiger partial charge >= 0.3 is 0 Å². The molecule has 2 bridgehead atoms. The molecule has 0 N–H and O–H groups in total. The Morgan fingerprint density at radius 3 is 2.58 bits per heavy atom. The molecule has 4 nitrogen and oxygen atoms in total. The lowest BCUT2D eigenvalue weighted by Crippen LogP contribution is -2.52.